The van der Waals surface area contributed by atoms with Gasteiger partial charge in [-0.1, -0.05) is 29.8 Å². The van der Waals surface area contributed by atoms with Crippen molar-refractivity contribution >= 4 is 28.9 Å². The fourth-order valence-corrected chi connectivity index (χ4v) is 2.71. The fraction of sp³-hybridized carbons (Fsp3) is 0.0952. The molecule has 3 aromatic carbocycles. The molecule has 0 aromatic heterocycles. The van der Waals surface area contributed by atoms with Gasteiger partial charge < -0.3 is 19.5 Å². The Morgan fingerprint density at radius 1 is 1.03 bits per heavy atom. The highest BCUT2D eigenvalue weighted by atomic mass is 35.5. The molecule has 8 nitrogen and oxygen atoms in total. The first kappa shape index (κ1) is 20.9. The summed E-state index contributed by atoms with van der Waals surface area (Å²) < 4.78 is 16.2. The summed E-state index contributed by atoms with van der Waals surface area (Å²) in [5.41, 5.74) is 0.178. The lowest BCUT2D eigenvalue weighted by atomic mass is 10.2. The number of nitro groups is 1. The fourth-order valence-electron chi connectivity index (χ4n) is 2.54. The lowest BCUT2D eigenvalue weighted by molar-refractivity contribution is -0.385. The summed E-state index contributed by atoms with van der Waals surface area (Å²) in [6.07, 6.45) is 0. The number of benzene rings is 3. The molecule has 0 aliphatic heterocycles. The van der Waals surface area contributed by atoms with Crippen molar-refractivity contribution in [2.45, 2.75) is 0 Å². The van der Waals surface area contributed by atoms with Crippen molar-refractivity contribution in [1.82, 2.24) is 0 Å². The first-order valence-electron chi connectivity index (χ1n) is 8.74. The van der Waals surface area contributed by atoms with Gasteiger partial charge in [0.15, 0.2) is 12.4 Å². The number of carbonyl (C=O) groups is 1. The lowest BCUT2D eigenvalue weighted by Gasteiger charge is -2.13. The molecule has 3 aromatic rings. The summed E-state index contributed by atoms with van der Waals surface area (Å²) in [6, 6.07) is 17.9. The van der Waals surface area contributed by atoms with E-state index in [1.54, 1.807) is 30.3 Å². The Morgan fingerprint density at radius 2 is 1.80 bits per heavy atom. The quantitative estimate of drug-likeness (QED) is 0.397. The smallest absolute Gasteiger partial charge is 0.311 e. The molecule has 0 unspecified atom stereocenters. The monoisotopic (exact) mass is 428 g/mol. The summed E-state index contributed by atoms with van der Waals surface area (Å²) >= 11 is 6.04. The second kappa shape index (κ2) is 9.62. The van der Waals surface area contributed by atoms with Crippen LogP contribution in [0.3, 0.4) is 0 Å². The normalized spacial score (nSPS) is 10.2. The van der Waals surface area contributed by atoms with Crippen molar-refractivity contribution in [3.63, 3.8) is 0 Å². The van der Waals surface area contributed by atoms with E-state index in [4.69, 9.17) is 25.8 Å². The Morgan fingerprint density at radius 3 is 2.50 bits per heavy atom. The second-order valence-electron chi connectivity index (χ2n) is 5.98. The van der Waals surface area contributed by atoms with Crippen molar-refractivity contribution in [1.29, 1.82) is 0 Å². The van der Waals surface area contributed by atoms with Gasteiger partial charge in [0, 0.05) is 17.2 Å². The number of halogens is 1. The van der Waals surface area contributed by atoms with Crippen molar-refractivity contribution < 1.29 is 23.9 Å². The van der Waals surface area contributed by atoms with Crippen LogP contribution < -0.4 is 19.5 Å². The number of ether oxygens (including phenoxy) is 3. The first-order chi connectivity index (χ1) is 14.5. The molecule has 0 heterocycles. The van der Waals surface area contributed by atoms with Gasteiger partial charge in [0.1, 0.15) is 11.5 Å². The van der Waals surface area contributed by atoms with E-state index in [0.29, 0.717) is 22.2 Å². The number of hydrogen-bond acceptors (Lipinski definition) is 6. The standard InChI is InChI=1S/C21H17ClN2O6/c1-28-20-12-16(8-9-18(20)24(26)27)29-13-21(25)23-17-11-14(22)7-10-19(17)30-15-5-3-2-4-6-15/h2-12H,13H2,1H3,(H,23,25). The van der Waals surface area contributed by atoms with Crippen LogP contribution in [0.1, 0.15) is 0 Å². The van der Waals surface area contributed by atoms with Crippen LogP contribution in [-0.2, 0) is 4.79 Å². The van der Waals surface area contributed by atoms with E-state index in [-0.39, 0.29) is 23.8 Å². The molecule has 0 spiro atoms. The molecular weight excluding hydrogens is 412 g/mol. The number of nitrogens with one attached hydrogen (secondary N) is 1. The average Bonchev–Trinajstić information content (AvgIpc) is 2.74. The molecular formula is C21H17ClN2O6. The topological polar surface area (TPSA) is 99.9 Å². The van der Waals surface area contributed by atoms with E-state index in [1.807, 2.05) is 18.2 Å². The Kier molecular flexibility index (Phi) is 6.71. The summed E-state index contributed by atoms with van der Waals surface area (Å²) in [5.74, 6) is 0.832. The van der Waals surface area contributed by atoms with Crippen LogP contribution >= 0.6 is 11.6 Å². The summed E-state index contributed by atoms with van der Waals surface area (Å²) in [6.45, 7) is -0.335. The molecule has 0 aliphatic rings. The van der Waals surface area contributed by atoms with E-state index in [2.05, 4.69) is 5.32 Å². The molecule has 1 amide bonds. The van der Waals surface area contributed by atoms with Crippen LogP contribution in [0.5, 0.6) is 23.0 Å². The molecule has 0 bridgehead atoms. The summed E-state index contributed by atoms with van der Waals surface area (Å²) in [5, 5.41) is 14.1. The molecule has 0 saturated carbocycles. The molecule has 0 radical (unpaired) electrons. The van der Waals surface area contributed by atoms with Crippen LogP contribution in [0.2, 0.25) is 5.02 Å². The average molecular weight is 429 g/mol. The predicted molar refractivity (Wildman–Crippen MR) is 112 cm³/mol. The van der Waals surface area contributed by atoms with Crippen LogP contribution in [0.4, 0.5) is 11.4 Å². The van der Waals surface area contributed by atoms with Gasteiger partial charge in [-0.05, 0) is 36.4 Å². The van der Waals surface area contributed by atoms with Crippen molar-refractivity contribution in [3.8, 4) is 23.0 Å². The van der Waals surface area contributed by atoms with Crippen LogP contribution in [0.25, 0.3) is 0 Å². The zero-order chi connectivity index (χ0) is 21.5. The maximum Gasteiger partial charge on any atom is 0.311 e. The number of methoxy groups -OCH3 is 1. The number of anilines is 1. The van der Waals surface area contributed by atoms with Gasteiger partial charge >= 0.3 is 5.69 Å². The molecule has 0 atom stereocenters. The number of hydrogen-bond donors (Lipinski definition) is 1. The van der Waals surface area contributed by atoms with Crippen molar-refractivity contribution in [2.24, 2.45) is 0 Å². The minimum atomic E-state index is -0.567. The number of carbonyl (C=O) groups excluding carboxylic acids is 1. The first-order valence-corrected chi connectivity index (χ1v) is 9.11. The van der Waals surface area contributed by atoms with Gasteiger partial charge in [0.05, 0.1) is 17.7 Å². The second-order valence-corrected chi connectivity index (χ2v) is 6.42. The molecule has 3 rings (SSSR count). The highest BCUT2D eigenvalue weighted by Gasteiger charge is 2.16. The molecule has 1 N–H and O–H groups in total. The molecule has 154 valence electrons. The number of nitrogens with zero attached hydrogens (tertiary/aromatic N) is 1. The highest BCUT2D eigenvalue weighted by Crippen LogP contribution is 2.33. The van der Waals surface area contributed by atoms with E-state index < -0.39 is 10.8 Å². The van der Waals surface area contributed by atoms with Crippen molar-refractivity contribution in [2.75, 3.05) is 19.0 Å². The largest absolute Gasteiger partial charge is 0.490 e. The summed E-state index contributed by atoms with van der Waals surface area (Å²) in [7, 11) is 1.31. The lowest BCUT2D eigenvalue weighted by Crippen LogP contribution is -2.20. The van der Waals surface area contributed by atoms with Gasteiger partial charge in [-0.25, -0.2) is 0 Å². The molecule has 0 fully saturated rings. The number of para-hydroxylation sites is 1. The third-order valence-corrected chi connectivity index (χ3v) is 4.14. The van der Waals surface area contributed by atoms with Crippen molar-refractivity contribution in [3.05, 3.63) is 81.9 Å². The maximum absolute atomic E-state index is 12.4. The molecule has 0 aliphatic carbocycles. The number of amides is 1. The van der Waals surface area contributed by atoms with Crippen LogP contribution in [0, 0.1) is 10.1 Å². The molecule has 9 heteroatoms. The van der Waals surface area contributed by atoms with E-state index in [1.165, 1.54) is 25.3 Å². The minimum Gasteiger partial charge on any atom is -0.490 e. The zero-order valence-corrected chi connectivity index (χ0v) is 16.6. The Hall–Kier alpha value is -3.78. The Balaban J connectivity index is 1.68. The van der Waals surface area contributed by atoms with Gasteiger partial charge in [-0.3, -0.25) is 14.9 Å². The van der Waals surface area contributed by atoms with Crippen LogP contribution in [-0.4, -0.2) is 24.5 Å². The Labute approximate surface area is 177 Å². The third-order valence-electron chi connectivity index (χ3n) is 3.90. The van der Waals surface area contributed by atoms with Gasteiger partial charge in [0.2, 0.25) is 5.75 Å². The SMILES string of the molecule is COc1cc(OCC(=O)Nc2cc(Cl)ccc2Oc2ccccc2)ccc1[N+](=O)[O-]. The zero-order valence-electron chi connectivity index (χ0n) is 15.8. The minimum absolute atomic E-state index is 0.0336. The Bertz CT molecular complexity index is 1060. The van der Waals surface area contributed by atoms with E-state index in [0.717, 1.165) is 0 Å². The van der Waals surface area contributed by atoms with Gasteiger partial charge in [-0.2, -0.15) is 0 Å². The third kappa shape index (κ3) is 5.39. The predicted octanol–water partition coefficient (Wildman–Crippen LogP) is 5.07. The maximum atomic E-state index is 12.4. The van der Waals surface area contributed by atoms with Crippen LogP contribution in [0.15, 0.2) is 66.7 Å². The van der Waals surface area contributed by atoms with Gasteiger partial charge in [0.25, 0.3) is 5.91 Å². The molecule has 0 saturated heterocycles. The number of rotatable bonds is 8. The highest BCUT2D eigenvalue weighted by molar-refractivity contribution is 6.31. The number of nitro benzene ring substituents is 1. The van der Waals surface area contributed by atoms with E-state index in [9.17, 15) is 14.9 Å². The van der Waals surface area contributed by atoms with E-state index >= 15 is 0 Å². The molecule has 30 heavy (non-hydrogen) atoms. The summed E-state index contributed by atoms with van der Waals surface area (Å²) in [4.78, 5) is 22.7. The van der Waals surface area contributed by atoms with Gasteiger partial charge in [-0.15, -0.1) is 0 Å².